The first-order chi connectivity index (χ1) is 9.60. The van der Waals surface area contributed by atoms with E-state index in [2.05, 4.69) is 27.2 Å². The van der Waals surface area contributed by atoms with E-state index in [0.717, 1.165) is 12.0 Å². The molecule has 108 valence electrons. The predicted molar refractivity (Wildman–Crippen MR) is 80.6 cm³/mol. The summed E-state index contributed by atoms with van der Waals surface area (Å²) in [6.45, 7) is 2.02. The van der Waals surface area contributed by atoms with Crippen LogP contribution in [0.3, 0.4) is 0 Å². The summed E-state index contributed by atoms with van der Waals surface area (Å²) in [7, 11) is 3.62. The van der Waals surface area contributed by atoms with E-state index in [-0.39, 0.29) is 18.0 Å². The Kier molecular flexibility index (Phi) is 4.92. The summed E-state index contributed by atoms with van der Waals surface area (Å²) < 4.78 is 1.70. The lowest BCUT2D eigenvalue weighted by Crippen LogP contribution is -2.41. The van der Waals surface area contributed by atoms with E-state index in [4.69, 9.17) is 0 Å². The van der Waals surface area contributed by atoms with Crippen LogP contribution in [0.25, 0.3) is 0 Å². The van der Waals surface area contributed by atoms with Crippen molar-refractivity contribution in [3.8, 4) is 0 Å². The number of carbonyl (C=O) groups excluding carboxylic acids is 1. The second kappa shape index (κ2) is 6.67. The molecule has 2 aromatic heterocycles. The van der Waals surface area contributed by atoms with Crippen LogP contribution in [0.5, 0.6) is 0 Å². The quantitative estimate of drug-likeness (QED) is 0.848. The van der Waals surface area contributed by atoms with Gasteiger partial charge >= 0.3 is 0 Å². The van der Waals surface area contributed by atoms with Crippen LogP contribution in [0.4, 0.5) is 0 Å². The van der Waals surface area contributed by atoms with Crippen molar-refractivity contribution >= 4 is 17.2 Å². The molecular weight excluding hydrogens is 272 g/mol. The van der Waals surface area contributed by atoms with Crippen molar-refractivity contribution in [3.05, 3.63) is 40.3 Å². The zero-order chi connectivity index (χ0) is 14.5. The molecule has 2 atom stereocenters. The molecule has 2 rings (SSSR count). The number of aryl methyl sites for hydroxylation is 1. The van der Waals surface area contributed by atoms with Crippen molar-refractivity contribution in [1.82, 2.24) is 20.4 Å². The molecule has 2 aromatic rings. The molecule has 0 aromatic carbocycles. The van der Waals surface area contributed by atoms with Crippen molar-refractivity contribution in [3.63, 3.8) is 0 Å². The van der Waals surface area contributed by atoms with Crippen molar-refractivity contribution in [2.45, 2.75) is 25.4 Å². The molecule has 2 unspecified atom stereocenters. The normalized spacial score (nSPS) is 13.9. The van der Waals surface area contributed by atoms with E-state index >= 15 is 0 Å². The highest BCUT2D eigenvalue weighted by atomic mass is 32.1. The maximum absolute atomic E-state index is 12.3. The fraction of sp³-hybridized carbons (Fsp3) is 0.429. The highest BCUT2D eigenvalue weighted by Crippen LogP contribution is 2.14. The minimum Gasteiger partial charge on any atom is -0.352 e. The number of aromatic nitrogens is 2. The van der Waals surface area contributed by atoms with Crippen LogP contribution in [0.15, 0.2) is 29.9 Å². The fourth-order valence-corrected chi connectivity index (χ4v) is 2.98. The first kappa shape index (κ1) is 14.7. The second-order valence-corrected chi connectivity index (χ2v) is 5.89. The lowest BCUT2D eigenvalue weighted by molar-refractivity contribution is -0.123. The Balaban J connectivity index is 1.95. The largest absolute Gasteiger partial charge is 0.352 e. The number of amides is 1. The zero-order valence-corrected chi connectivity index (χ0v) is 12.8. The van der Waals surface area contributed by atoms with Gasteiger partial charge in [0.2, 0.25) is 5.91 Å². The zero-order valence-electron chi connectivity index (χ0n) is 12.0. The molecule has 1 amide bonds. The van der Waals surface area contributed by atoms with E-state index in [9.17, 15) is 4.79 Å². The molecule has 5 nitrogen and oxygen atoms in total. The number of nitrogens with one attached hydrogen (secondary N) is 2. The number of carbonyl (C=O) groups is 1. The number of nitrogens with zero attached hydrogens (tertiary/aromatic N) is 2. The number of hydrogen-bond donors (Lipinski definition) is 2. The smallest absolute Gasteiger partial charge is 0.242 e. The molecular formula is C14H20N4OS. The number of likely N-dealkylation sites (N-methyl/N-ethyl adjacent to an activating group) is 1. The van der Waals surface area contributed by atoms with Crippen molar-refractivity contribution in [2.24, 2.45) is 7.05 Å². The molecule has 20 heavy (non-hydrogen) atoms. The number of rotatable bonds is 6. The van der Waals surface area contributed by atoms with E-state index in [1.165, 1.54) is 4.88 Å². The molecule has 6 heteroatoms. The van der Waals surface area contributed by atoms with E-state index in [1.807, 2.05) is 26.2 Å². The van der Waals surface area contributed by atoms with Gasteiger partial charge in [-0.1, -0.05) is 6.07 Å². The predicted octanol–water partition coefficient (Wildman–Crippen LogP) is 1.49. The van der Waals surface area contributed by atoms with Crippen LogP contribution in [-0.4, -0.2) is 28.8 Å². The maximum Gasteiger partial charge on any atom is 0.242 e. The van der Waals surface area contributed by atoms with Gasteiger partial charge in [0.25, 0.3) is 0 Å². The molecule has 0 fully saturated rings. The molecule has 0 aliphatic heterocycles. The minimum absolute atomic E-state index is 0.0236. The standard InChI is InChI=1S/C14H20N4OS/c1-10(7-12-5-4-6-20-12)17-14(19)13(15-2)11-8-16-18(3)9-11/h4-6,8-10,13,15H,7H2,1-3H3,(H,17,19). The Hall–Kier alpha value is -1.66. The van der Waals surface area contributed by atoms with E-state index in [1.54, 1.807) is 29.3 Å². The molecule has 2 N–H and O–H groups in total. The fourth-order valence-electron chi connectivity index (χ4n) is 2.15. The average Bonchev–Trinajstić information content (AvgIpc) is 3.02. The molecule has 0 radical (unpaired) electrons. The summed E-state index contributed by atoms with van der Waals surface area (Å²) >= 11 is 1.71. The van der Waals surface area contributed by atoms with E-state index < -0.39 is 0 Å². The highest BCUT2D eigenvalue weighted by Gasteiger charge is 2.21. The van der Waals surface area contributed by atoms with Crippen LogP contribution in [0, 0.1) is 0 Å². The van der Waals surface area contributed by atoms with Gasteiger partial charge in [0, 0.05) is 36.1 Å². The first-order valence-electron chi connectivity index (χ1n) is 6.58. The van der Waals surface area contributed by atoms with Crippen molar-refractivity contribution in [2.75, 3.05) is 7.05 Å². The molecule has 0 spiro atoms. The molecule has 0 aliphatic rings. The van der Waals surface area contributed by atoms with Gasteiger partial charge in [0.1, 0.15) is 6.04 Å². The summed E-state index contributed by atoms with van der Waals surface area (Å²) in [5, 5.41) is 12.2. The lowest BCUT2D eigenvalue weighted by atomic mass is 10.1. The molecule has 0 aliphatic carbocycles. The van der Waals surface area contributed by atoms with Crippen LogP contribution in [-0.2, 0) is 18.3 Å². The maximum atomic E-state index is 12.3. The third-order valence-corrected chi connectivity index (χ3v) is 3.98. The molecule has 0 bridgehead atoms. The Bertz CT molecular complexity index is 549. The SMILES string of the molecule is CNC(C(=O)NC(C)Cc1cccs1)c1cnn(C)c1. The second-order valence-electron chi connectivity index (χ2n) is 4.86. The van der Waals surface area contributed by atoms with Crippen LogP contribution in [0.2, 0.25) is 0 Å². The molecule has 2 heterocycles. The Labute approximate surface area is 123 Å². The topological polar surface area (TPSA) is 59.0 Å². The summed E-state index contributed by atoms with van der Waals surface area (Å²) in [5.41, 5.74) is 0.871. The Morgan fingerprint density at radius 1 is 1.55 bits per heavy atom. The van der Waals surface area contributed by atoms with Crippen LogP contribution in [0.1, 0.15) is 23.4 Å². The molecule has 0 saturated heterocycles. The van der Waals surface area contributed by atoms with Gasteiger partial charge in [-0.15, -0.1) is 11.3 Å². The van der Waals surface area contributed by atoms with E-state index in [0.29, 0.717) is 0 Å². The van der Waals surface area contributed by atoms with Gasteiger partial charge < -0.3 is 10.6 Å². The minimum atomic E-state index is -0.366. The van der Waals surface area contributed by atoms with Crippen LogP contribution < -0.4 is 10.6 Å². The van der Waals surface area contributed by atoms with Gasteiger partial charge in [0.05, 0.1) is 6.20 Å². The Morgan fingerprint density at radius 2 is 2.35 bits per heavy atom. The van der Waals surface area contributed by atoms with Gasteiger partial charge in [0.15, 0.2) is 0 Å². The monoisotopic (exact) mass is 292 g/mol. The third-order valence-electron chi connectivity index (χ3n) is 3.09. The highest BCUT2D eigenvalue weighted by molar-refractivity contribution is 7.09. The van der Waals surface area contributed by atoms with Gasteiger partial charge in [-0.25, -0.2) is 0 Å². The van der Waals surface area contributed by atoms with Crippen molar-refractivity contribution < 1.29 is 4.79 Å². The number of thiophene rings is 1. The Morgan fingerprint density at radius 3 is 2.90 bits per heavy atom. The first-order valence-corrected chi connectivity index (χ1v) is 7.46. The summed E-state index contributed by atoms with van der Waals surface area (Å²) in [6.07, 6.45) is 4.42. The number of hydrogen-bond acceptors (Lipinski definition) is 4. The van der Waals surface area contributed by atoms with Gasteiger partial charge in [-0.3, -0.25) is 9.48 Å². The summed E-state index contributed by atoms with van der Waals surface area (Å²) in [5.74, 6) is -0.0236. The van der Waals surface area contributed by atoms with Crippen molar-refractivity contribution in [1.29, 1.82) is 0 Å². The van der Waals surface area contributed by atoms with Crippen LogP contribution >= 0.6 is 11.3 Å². The van der Waals surface area contributed by atoms with Gasteiger partial charge in [-0.2, -0.15) is 5.10 Å². The summed E-state index contributed by atoms with van der Waals surface area (Å²) in [4.78, 5) is 13.6. The average molecular weight is 292 g/mol. The third kappa shape index (κ3) is 3.68. The lowest BCUT2D eigenvalue weighted by Gasteiger charge is -2.18. The summed E-state index contributed by atoms with van der Waals surface area (Å²) in [6, 6.07) is 3.85. The molecule has 0 saturated carbocycles. The van der Waals surface area contributed by atoms with Gasteiger partial charge in [-0.05, 0) is 25.4 Å².